The van der Waals surface area contributed by atoms with Gasteiger partial charge in [0, 0.05) is 0 Å². The molecule has 1 aromatic rings. The molecule has 1 fully saturated rings. The highest BCUT2D eigenvalue weighted by Crippen LogP contribution is 2.47. The predicted molar refractivity (Wildman–Crippen MR) is 95.3 cm³/mol. The third-order valence-corrected chi connectivity index (χ3v) is 5.73. The van der Waals surface area contributed by atoms with E-state index in [4.69, 9.17) is 4.43 Å². The highest BCUT2D eigenvalue weighted by molar-refractivity contribution is 6.69. The number of aromatic hydroxyl groups is 1. The van der Waals surface area contributed by atoms with E-state index in [9.17, 15) is 19.8 Å². The number of phenolic OH excluding ortho intramolecular Hbond substituents is 1. The zero-order chi connectivity index (χ0) is 18.5. The maximum Gasteiger partial charge on any atom is 0.352 e. The minimum absolute atomic E-state index is 0.0250. The first-order valence-corrected chi connectivity index (χ1v) is 11.8. The third kappa shape index (κ3) is 3.09. The fraction of sp³-hybridized carbons (Fsp3) is 0.444. The van der Waals surface area contributed by atoms with Crippen molar-refractivity contribution in [1.82, 2.24) is 4.90 Å². The summed E-state index contributed by atoms with van der Waals surface area (Å²) in [7, 11) is -1.80. The van der Waals surface area contributed by atoms with Crippen molar-refractivity contribution < 1.29 is 24.2 Å². The van der Waals surface area contributed by atoms with Gasteiger partial charge in [-0.25, -0.2) is 4.79 Å². The number of hydrogen-bond acceptors (Lipinski definition) is 4. The average Bonchev–Trinajstić information content (AvgIpc) is 2.80. The van der Waals surface area contributed by atoms with E-state index < -0.39 is 14.3 Å². The molecular weight excluding hydrogens is 338 g/mol. The molecule has 0 bridgehead atoms. The molecule has 7 heteroatoms. The molecule has 2 N–H and O–H groups in total. The van der Waals surface area contributed by atoms with Gasteiger partial charge < -0.3 is 19.5 Å². The van der Waals surface area contributed by atoms with E-state index in [1.165, 1.54) is 17.0 Å². The van der Waals surface area contributed by atoms with Crippen LogP contribution in [-0.2, 0) is 14.0 Å². The molecule has 25 heavy (non-hydrogen) atoms. The smallest absolute Gasteiger partial charge is 0.352 e. The second-order valence-corrected chi connectivity index (χ2v) is 12.1. The number of phenols is 1. The molecular formula is C18H23NO5Si. The van der Waals surface area contributed by atoms with E-state index in [1.807, 2.05) is 6.92 Å². The Balaban J connectivity index is 1.91. The van der Waals surface area contributed by atoms with Crippen LogP contribution in [0.15, 0.2) is 30.0 Å². The van der Waals surface area contributed by atoms with Gasteiger partial charge in [0.05, 0.1) is 18.1 Å². The number of rotatable bonds is 5. The summed E-state index contributed by atoms with van der Waals surface area (Å²) in [5, 5.41) is 19.3. The predicted octanol–water partition coefficient (Wildman–Crippen LogP) is 2.66. The van der Waals surface area contributed by atoms with Gasteiger partial charge in [-0.15, -0.1) is 0 Å². The van der Waals surface area contributed by atoms with Gasteiger partial charge >= 0.3 is 5.97 Å². The summed E-state index contributed by atoms with van der Waals surface area (Å²) in [5.41, 5.74) is 1.25. The molecule has 0 spiro atoms. The molecule has 2 aliphatic heterocycles. The number of β-lactam (4-membered cyclic amide) rings is 1. The third-order valence-electron chi connectivity index (χ3n) is 4.65. The molecule has 0 aromatic heterocycles. The number of fused-ring (bicyclic) bond motifs is 1. The lowest BCUT2D eigenvalue weighted by molar-refractivity contribution is -0.160. The lowest BCUT2D eigenvalue weighted by atomic mass is 9.82. The van der Waals surface area contributed by atoms with Crippen LogP contribution in [0.3, 0.4) is 0 Å². The van der Waals surface area contributed by atoms with Gasteiger partial charge in [0.25, 0.3) is 0 Å². The summed E-state index contributed by atoms with van der Waals surface area (Å²) in [6, 6.07) is 6.30. The fourth-order valence-electron chi connectivity index (χ4n) is 3.84. The van der Waals surface area contributed by atoms with Crippen molar-refractivity contribution in [2.75, 3.05) is 0 Å². The van der Waals surface area contributed by atoms with Crippen molar-refractivity contribution >= 4 is 25.8 Å². The van der Waals surface area contributed by atoms with Crippen LogP contribution >= 0.6 is 0 Å². The maximum atomic E-state index is 12.6. The minimum atomic E-state index is -1.80. The van der Waals surface area contributed by atoms with Crippen LogP contribution < -0.4 is 0 Å². The fourth-order valence-corrected chi connectivity index (χ4v) is 5.10. The van der Waals surface area contributed by atoms with Crippen LogP contribution in [0.2, 0.25) is 19.6 Å². The first kappa shape index (κ1) is 17.7. The van der Waals surface area contributed by atoms with Crippen molar-refractivity contribution in [3.63, 3.8) is 0 Å². The van der Waals surface area contributed by atoms with Gasteiger partial charge in [-0.1, -0.05) is 12.1 Å². The molecule has 1 aromatic carbocycles. The Kier molecular flexibility index (Phi) is 4.24. The van der Waals surface area contributed by atoms with Crippen LogP contribution in [0, 0.1) is 5.92 Å². The van der Waals surface area contributed by atoms with E-state index in [0.717, 1.165) is 0 Å². The van der Waals surface area contributed by atoms with Crippen LogP contribution in [0.25, 0.3) is 5.57 Å². The molecule has 0 aliphatic carbocycles. The van der Waals surface area contributed by atoms with Crippen LogP contribution in [-0.4, -0.2) is 47.5 Å². The van der Waals surface area contributed by atoms with Crippen molar-refractivity contribution in [2.45, 2.75) is 45.1 Å². The van der Waals surface area contributed by atoms with Gasteiger partial charge in [0.1, 0.15) is 11.4 Å². The molecule has 1 saturated heterocycles. The summed E-state index contributed by atoms with van der Waals surface area (Å²) in [4.78, 5) is 25.8. The first-order chi connectivity index (χ1) is 11.6. The first-order valence-electron chi connectivity index (χ1n) is 8.37. The van der Waals surface area contributed by atoms with E-state index >= 15 is 0 Å². The van der Waals surface area contributed by atoms with Gasteiger partial charge in [-0.3, -0.25) is 4.79 Å². The lowest BCUT2D eigenvalue weighted by Gasteiger charge is -2.47. The molecule has 2 heterocycles. The molecule has 134 valence electrons. The number of benzene rings is 1. The Morgan fingerprint density at radius 2 is 2.04 bits per heavy atom. The molecule has 1 amide bonds. The van der Waals surface area contributed by atoms with Crippen molar-refractivity contribution in [2.24, 2.45) is 5.92 Å². The maximum absolute atomic E-state index is 12.6. The van der Waals surface area contributed by atoms with Gasteiger partial charge in [0.15, 0.2) is 8.32 Å². The number of carboxylic acids is 1. The minimum Gasteiger partial charge on any atom is -0.508 e. The Morgan fingerprint density at radius 3 is 2.60 bits per heavy atom. The largest absolute Gasteiger partial charge is 0.508 e. The van der Waals surface area contributed by atoms with E-state index in [-0.39, 0.29) is 35.4 Å². The molecule has 0 radical (unpaired) electrons. The van der Waals surface area contributed by atoms with E-state index in [0.29, 0.717) is 17.6 Å². The number of carbonyl (C=O) groups excluding carboxylic acids is 1. The summed E-state index contributed by atoms with van der Waals surface area (Å²) >= 11 is 0. The normalized spacial score (nSPS) is 24.2. The summed E-state index contributed by atoms with van der Waals surface area (Å²) in [6.07, 6.45) is 0.222. The Bertz CT molecular complexity index is 767. The number of aliphatic carboxylic acids is 1. The number of nitrogens with zero attached hydrogens (tertiary/aromatic N) is 1. The molecule has 3 atom stereocenters. The highest BCUT2D eigenvalue weighted by atomic mass is 28.4. The number of amides is 1. The summed E-state index contributed by atoms with van der Waals surface area (Å²) < 4.78 is 6.06. The quantitative estimate of drug-likeness (QED) is 0.622. The van der Waals surface area contributed by atoms with Crippen LogP contribution in [0.5, 0.6) is 5.75 Å². The number of hydrogen-bond donors (Lipinski definition) is 2. The number of carboxylic acid groups (broad SMARTS) is 1. The van der Waals surface area contributed by atoms with Crippen LogP contribution in [0.1, 0.15) is 18.9 Å². The van der Waals surface area contributed by atoms with Gasteiger partial charge in [0.2, 0.25) is 5.91 Å². The average molecular weight is 361 g/mol. The Labute approximate surface area is 147 Å². The van der Waals surface area contributed by atoms with Crippen molar-refractivity contribution in [3.8, 4) is 5.75 Å². The molecule has 2 aliphatic rings. The number of carbonyl (C=O) groups is 2. The molecule has 3 rings (SSSR count). The SMILES string of the molecule is C[C@@H](O[Si](C)(C)C)[C@H]1C(=O)N2C(C(=O)O)=C(c3cccc(O)c3)C[C@H]12. The monoisotopic (exact) mass is 361 g/mol. The standard InChI is InChI=1S/C18H23NO5Si/c1-10(24-25(2,3)4)15-14-9-13(11-6-5-7-12(20)8-11)16(18(22)23)19(14)17(15)21/h5-8,10,14-15,20H,9H2,1-4H3,(H,22,23)/t10-,14-,15-/m1/s1. The molecule has 6 nitrogen and oxygen atoms in total. The summed E-state index contributed by atoms with van der Waals surface area (Å²) in [6.45, 7) is 8.10. The topological polar surface area (TPSA) is 87.1 Å². The molecule has 0 saturated carbocycles. The zero-order valence-electron chi connectivity index (χ0n) is 14.8. The van der Waals surface area contributed by atoms with Gasteiger partial charge in [-0.05, 0) is 56.3 Å². The summed E-state index contributed by atoms with van der Waals surface area (Å²) in [5.74, 6) is -1.56. The van der Waals surface area contributed by atoms with Crippen molar-refractivity contribution in [1.29, 1.82) is 0 Å². The van der Waals surface area contributed by atoms with E-state index in [1.54, 1.807) is 12.1 Å². The second-order valence-electron chi connectivity index (χ2n) is 7.62. The Morgan fingerprint density at radius 1 is 1.36 bits per heavy atom. The lowest BCUT2D eigenvalue weighted by Crippen LogP contribution is -2.63. The highest BCUT2D eigenvalue weighted by Gasteiger charge is 2.57. The zero-order valence-corrected chi connectivity index (χ0v) is 15.8. The van der Waals surface area contributed by atoms with Crippen LogP contribution in [0.4, 0.5) is 0 Å². The molecule has 0 unspecified atom stereocenters. The van der Waals surface area contributed by atoms with Crippen molar-refractivity contribution in [3.05, 3.63) is 35.5 Å². The van der Waals surface area contributed by atoms with Gasteiger partial charge in [-0.2, -0.15) is 0 Å². The second kappa shape index (κ2) is 6.00. The Hall–Kier alpha value is -2.12. The van der Waals surface area contributed by atoms with E-state index in [2.05, 4.69) is 19.6 Å².